The van der Waals surface area contributed by atoms with Gasteiger partial charge in [-0.1, -0.05) is 20.3 Å². The molecule has 0 aliphatic carbocycles. The Hall–Kier alpha value is -1.40. The SMILES string of the molecule is CC(C)C(N)c1nc(C(=O)N2CCC(N3CCCCC3)CC2)co1. The molecule has 24 heavy (non-hydrogen) atoms. The molecule has 1 amide bonds. The fourth-order valence-corrected chi connectivity index (χ4v) is 3.70. The zero-order valence-corrected chi connectivity index (χ0v) is 14.9. The number of oxazole rings is 1. The van der Waals surface area contributed by atoms with Crippen molar-refractivity contribution in [1.82, 2.24) is 14.8 Å². The van der Waals surface area contributed by atoms with Gasteiger partial charge in [0, 0.05) is 19.1 Å². The first kappa shape index (κ1) is 17.4. The fraction of sp³-hybridized carbons (Fsp3) is 0.778. The Kier molecular flexibility index (Phi) is 5.56. The van der Waals surface area contributed by atoms with E-state index in [4.69, 9.17) is 10.2 Å². The number of carbonyl (C=O) groups excluding carboxylic acids is 1. The zero-order valence-electron chi connectivity index (χ0n) is 14.9. The summed E-state index contributed by atoms with van der Waals surface area (Å²) in [6.45, 7) is 8.08. The van der Waals surface area contributed by atoms with Crippen LogP contribution in [-0.2, 0) is 0 Å². The molecule has 1 aromatic heterocycles. The number of likely N-dealkylation sites (tertiary alicyclic amines) is 2. The highest BCUT2D eigenvalue weighted by molar-refractivity contribution is 5.92. The molecule has 6 nitrogen and oxygen atoms in total. The Morgan fingerprint density at radius 2 is 1.88 bits per heavy atom. The van der Waals surface area contributed by atoms with Crippen LogP contribution in [0.2, 0.25) is 0 Å². The molecule has 3 rings (SSSR count). The first-order valence-corrected chi connectivity index (χ1v) is 9.30. The van der Waals surface area contributed by atoms with Crippen LogP contribution in [0, 0.1) is 5.92 Å². The second-order valence-electron chi connectivity index (χ2n) is 7.46. The fourth-order valence-electron chi connectivity index (χ4n) is 3.70. The van der Waals surface area contributed by atoms with Crippen molar-refractivity contribution < 1.29 is 9.21 Å². The summed E-state index contributed by atoms with van der Waals surface area (Å²) in [7, 11) is 0. The second-order valence-corrected chi connectivity index (χ2v) is 7.46. The lowest BCUT2D eigenvalue weighted by Crippen LogP contribution is -2.48. The maximum Gasteiger partial charge on any atom is 0.275 e. The van der Waals surface area contributed by atoms with E-state index < -0.39 is 0 Å². The van der Waals surface area contributed by atoms with Crippen LogP contribution in [0.3, 0.4) is 0 Å². The highest BCUT2D eigenvalue weighted by Gasteiger charge is 2.29. The molecule has 2 aliphatic rings. The minimum absolute atomic E-state index is 0.0296. The predicted molar refractivity (Wildman–Crippen MR) is 92.6 cm³/mol. The van der Waals surface area contributed by atoms with E-state index in [1.165, 1.54) is 38.6 Å². The number of hydrogen-bond donors (Lipinski definition) is 1. The summed E-state index contributed by atoms with van der Waals surface area (Å²) < 4.78 is 5.42. The first-order chi connectivity index (χ1) is 11.6. The van der Waals surface area contributed by atoms with Gasteiger partial charge in [-0.25, -0.2) is 4.98 Å². The number of nitrogens with two attached hydrogens (primary N) is 1. The average molecular weight is 334 g/mol. The van der Waals surface area contributed by atoms with Gasteiger partial charge in [-0.2, -0.15) is 0 Å². The Labute approximate surface area is 144 Å². The van der Waals surface area contributed by atoms with Crippen LogP contribution in [0.1, 0.15) is 68.4 Å². The van der Waals surface area contributed by atoms with Crippen LogP contribution in [0.15, 0.2) is 10.7 Å². The van der Waals surface area contributed by atoms with Gasteiger partial charge in [-0.15, -0.1) is 0 Å². The van der Waals surface area contributed by atoms with E-state index in [2.05, 4.69) is 9.88 Å². The minimum Gasteiger partial charge on any atom is -0.446 e. The Bertz CT molecular complexity index is 543. The van der Waals surface area contributed by atoms with Gasteiger partial charge in [0.05, 0.1) is 6.04 Å². The van der Waals surface area contributed by atoms with Crippen LogP contribution >= 0.6 is 0 Å². The molecule has 0 saturated carbocycles. The Balaban J connectivity index is 1.55. The lowest BCUT2D eigenvalue weighted by Gasteiger charge is -2.40. The molecule has 0 radical (unpaired) electrons. The molecular weight excluding hydrogens is 304 g/mol. The number of piperidine rings is 2. The van der Waals surface area contributed by atoms with Crippen molar-refractivity contribution in [3.8, 4) is 0 Å². The minimum atomic E-state index is -0.267. The molecule has 2 saturated heterocycles. The summed E-state index contributed by atoms with van der Waals surface area (Å²) in [5.74, 6) is 0.654. The van der Waals surface area contributed by atoms with Gasteiger partial charge in [0.2, 0.25) is 5.89 Å². The van der Waals surface area contributed by atoms with E-state index in [-0.39, 0.29) is 17.9 Å². The number of nitrogens with zero attached hydrogens (tertiary/aromatic N) is 3. The average Bonchev–Trinajstić information content (AvgIpc) is 3.11. The molecule has 2 fully saturated rings. The molecule has 6 heteroatoms. The van der Waals surface area contributed by atoms with Crippen LogP contribution in [0.4, 0.5) is 0 Å². The summed E-state index contributed by atoms with van der Waals surface area (Å²) in [4.78, 5) is 21.5. The number of amides is 1. The summed E-state index contributed by atoms with van der Waals surface area (Å²) in [5.41, 5.74) is 6.43. The molecule has 3 heterocycles. The zero-order chi connectivity index (χ0) is 17.1. The summed E-state index contributed by atoms with van der Waals surface area (Å²) >= 11 is 0. The molecule has 1 atom stereocenters. The molecule has 0 bridgehead atoms. The third kappa shape index (κ3) is 3.81. The summed E-state index contributed by atoms with van der Waals surface area (Å²) in [5, 5.41) is 0. The van der Waals surface area contributed by atoms with Crippen molar-refractivity contribution in [2.45, 2.75) is 58.0 Å². The lowest BCUT2D eigenvalue weighted by molar-refractivity contribution is 0.0584. The maximum absolute atomic E-state index is 12.6. The predicted octanol–water partition coefficient (Wildman–Crippen LogP) is 2.42. The topological polar surface area (TPSA) is 75.6 Å². The third-order valence-corrected chi connectivity index (χ3v) is 5.40. The molecule has 2 N–H and O–H groups in total. The second kappa shape index (κ2) is 7.66. The number of rotatable bonds is 4. The van der Waals surface area contributed by atoms with E-state index in [1.807, 2.05) is 18.7 Å². The van der Waals surface area contributed by atoms with E-state index in [1.54, 1.807) is 0 Å². The van der Waals surface area contributed by atoms with Gasteiger partial charge in [0.25, 0.3) is 5.91 Å². The lowest BCUT2D eigenvalue weighted by atomic mass is 10.00. The van der Waals surface area contributed by atoms with Crippen molar-refractivity contribution in [1.29, 1.82) is 0 Å². The first-order valence-electron chi connectivity index (χ1n) is 9.30. The summed E-state index contributed by atoms with van der Waals surface area (Å²) in [6, 6.07) is 0.368. The molecule has 134 valence electrons. The molecule has 0 aromatic carbocycles. The van der Waals surface area contributed by atoms with Gasteiger partial charge >= 0.3 is 0 Å². The number of hydrogen-bond acceptors (Lipinski definition) is 5. The van der Waals surface area contributed by atoms with Crippen LogP contribution in [-0.4, -0.2) is 52.9 Å². The van der Waals surface area contributed by atoms with Gasteiger partial charge in [0.15, 0.2) is 5.69 Å². The molecular formula is C18H30N4O2. The Morgan fingerprint density at radius 1 is 1.21 bits per heavy atom. The molecule has 1 aromatic rings. The van der Waals surface area contributed by atoms with E-state index in [0.717, 1.165) is 25.9 Å². The van der Waals surface area contributed by atoms with E-state index in [0.29, 0.717) is 17.6 Å². The van der Waals surface area contributed by atoms with Crippen molar-refractivity contribution >= 4 is 5.91 Å². The van der Waals surface area contributed by atoms with Crippen molar-refractivity contribution in [2.24, 2.45) is 11.7 Å². The van der Waals surface area contributed by atoms with Crippen LogP contribution in [0.25, 0.3) is 0 Å². The van der Waals surface area contributed by atoms with Crippen molar-refractivity contribution in [3.05, 3.63) is 17.8 Å². The van der Waals surface area contributed by atoms with Gasteiger partial charge in [-0.3, -0.25) is 4.79 Å². The quantitative estimate of drug-likeness (QED) is 0.915. The van der Waals surface area contributed by atoms with Gasteiger partial charge < -0.3 is 20.0 Å². The smallest absolute Gasteiger partial charge is 0.275 e. The van der Waals surface area contributed by atoms with Gasteiger partial charge in [0.1, 0.15) is 6.26 Å². The van der Waals surface area contributed by atoms with Gasteiger partial charge in [-0.05, 0) is 44.7 Å². The van der Waals surface area contributed by atoms with Crippen molar-refractivity contribution in [3.63, 3.8) is 0 Å². The third-order valence-electron chi connectivity index (χ3n) is 5.40. The highest BCUT2D eigenvalue weighted by Crippen LogP contribution is 2.23. The maximum atomic E-state index is 12.6. The van der Waals surface area contributed by atoms with E-state index in [9.17, 15) is 4.79 Å². The molecule has 0 spiro atoms. The largest absolute Gasteiger partial charge is 0.446 e. The van der Waals surface area contributed by atoms with Crippen molar-refractivity contribution in [2.75, 3.05) is 26.2 Å². The highest BCUT2D eigenvalue weighted by atomic mass is 16.3. The molecule has 1 unspecified atom stereocenters. The Morgan fingerprint density at radius 3 is 2.50 bits per heavy atom. The summed E-state index contributed by atoms with van der Waals surface area (Å²) in [6.07, 6.45) is 7.56. The number of aromatic nitrogens is 1. The van der Waals surface area contributed by atoms with Crippen LogP contribution in [0.5, 0.6) is 0 Å². The normalized spacial score (nSPS) is 22.1. The molecule has 2 aliphatic heterocycles. The van der Waals surface area contributed by atoms with Crippen LogP contribution < -0.4 is 5.73 Å². The number of carbonyl (C=O) groups is 1. The monoisotopic (exact) mass is 334 g/mol. The standard InChI is InChI=1S/C18H30N4O2/c1-13(2)16(19)17-20-15(12-24-17)18(23)22-10-6-14(7-11-22)21-8-4-3-5-9-21/h12-14,16H,3-11,19H2,1-2H3. The van der Waals surface area contributed by atoms with E-state index >= 15 is 0 Å².